The second-order valence-corrected chi connectivity index (χ2v) is 16.5. The Balaban J connectivity index is 0.985. The van der Waals surface area contributed by atoms with Gasteiger partial charge in [0.1, 0.15) is 0 Å². The van der Waals surface area contributed by atoms with E-state index in [0.717, 1.165) is 0 Å². The van der Waals surface area contributed by atoms with Crippen LogP contribution in [0.25, 0.3) is 117 Å². The van der Waals surface area contributed by atoms with Crippen LogP contribution in [0.5, 0.6) is 0 Å². The monoisotopic (exact) mass is 718 g/mol. The van der Waals surface area contributed by atoms with Crippen LogP contribution in [0.2, 0.25) is 0 Å². The molecule has 2 heterocycles. The normalized spacial score (nSPS) is 12.1. The molecule has 0 unspecified atom stereocenters. The molecule has 0 atom stereocenters. The Morgan fingerprint density at radius 2 is 0.796 bits per heavy atom. The van der Waals surface area contributed by atoms with Crippen LogP contribution in [0.3, 0.4) is 0 Å². The lowest BCUT2D eigenvalue weighted by atomic mass is 9.85. The molecule has 0 nitrogen and oxygen atoms in total. The molecule has 0 radical (unpaired) electrons. The van der Waals surface area contributed by atoms with E-state index in [4.69, 9.17) is 0 Å². The highest BCUT2D eigenvalue weighted by molar-refractivity contribution is 7.27. The van der Waals surface area contributed by atoms with Crippen molar-refractivity contribution in [3.05, 3.63) is 182 Å². The fourth-order valence-electron chi connectivity index (χ4n) is 8.88. The molecular formula is C52H30S2. The molecule has 0 aliphatic heterocycles. The summed E-state index contributed by atoms with van der Waals surface area (Å²) in [5, 5.41) is 15.7. The van der Waals surface area contributed by atoms with E-state index in [1.54, 1.807) is 0 Å². The summed E-state index contributed by atoms with van der Waals surface area (Å²) < 4.78 is 5.41. The van der Waals surface area contributed by atoms with Gasteiger partial charge in [-0.1, -0.05) is 146 Å². The van der Waals surface area contributed by atoms with E-state index in [0.29, 0.717) is 0 Å². The van der Waals surface area contributed by atoms with Gasteiger partial charge in [0.2, 0.25) is 0 Å². The topological polar surface area (TPSA) is 0 Å². The third-order valence-corrected chi connectivity index (χ3v) is 13.8. The minimum atomic E-state index is 1.23. The molecule has 0 amide bonds. The molecule has 0 saturated carbocycles. The number of thiophene rings is 2. The van der Waals surface area contributed by atoms with Crippen LogP contribution in [0.1, 0.15) is 0 Å². The summed E-state index contributed by atoms with van der Waals surface area (Å²) in [5.41, 5.74) is 7.54. The zero-order valence-electron chi connectivity index (χ0n) is 29.1. The average molecular weight is 719 g/mol. The Bertz CT molecular complexity index is 3430. The molecule has 2 heteroatoms. The van der Waals surface area contributed by atoms with Crippen LogP contribution >= 0.6 is 22.7 Å². The lowest BCUT2D eigenvalue weighted by molar-refractivity contribution is 1.63. The van der Waals surface area contributed by atoms with E-state index in [9.17, 15) is 0 Å². The summed E-state index contributed by atoms with van der Waals surface area (Å²) in [4.78, 5) is 0. The zero-order valence-corrected chi connectivity index (χ0v) is 30.8. The molecule has 0 N–H and O–H groups in total. The first-order valence-corrected chi connectivity index (χ1v) is 20.1. The molecular weight excluding hydrogens is 689 g/mol. The third kappa shape index (κ3) is 4.48. The molecule has 0 aliphatic carbocycles. The van der Waals surface area contributed by atoms with Gasteiger partial charge < -0.3 is 0 Å². The standard InChI is InChI=1S/C52H30S2/c1-2-10-34-27-37(22-19-31(34)9-1)51-41-14-5-3-12-39(41)50(40-13-4-6-15-42(40)51)33-20-17-32(18-21-33)35-24-26-48-45(28-35)43-25-23-36-29-49-46(30-44(36)52(43)54-48)38-11-7-8-16-47(38)53-49/h1-30H. The van der Waals surface area contributed by atoms with Crippen molar-refractivity contribution >= 4 is 106 Å². The van der Waals surface area contributed by atoms with Crippen LogP contribution in [0, 0.1) is 0 Å². The lowest BCUT2D eigenvalue weighted by Gasteiger charge is -2.18. The summed E-state index contributed by atoms with van der Waals surface area (Å²) in [6.07, 6.45) is 0. The molecule has 0 aliphatic rings. The fourth-order valence-corrected chi connectivity index (χ4v) is 11.2. The SMILES string of the molecule is c1ccc2cc(-c3c4ccccc4c(-c4ccc(-c5ccc6sc7c8cc9c(cc8ccc7c6c5)sc5ccccc59)cc4)c4ccccc34)ccc2c1. The Labute approximate surface area is 319 Å². The molecule has 0 fully saturated rings. The minimum Gasteiger partial charge on any atom is -0.135 e. The molecule has 0 saturated heterocycles. The Kier molecular flexibility index (Phi) is 6.48. The Morgan fingerprint density at radius 1 is 0.241 bits per heavy atom. The summed E-state index contributed by atoms with van der Waals surface area (Å²) in [6.45, 7) is 0. The molecule has 12 rings (SSSR count). The second-order valence-electron chi connectivity index (χ2n) is 14.4. The first-order valence-electron chi connectivity index (χ1n) is 18.5. The van der Waals surface area contributed by atoms with E-state index < -0.39 is 0 Å². The van der Waals surface area contributed by atoms with Crippen LogP contribution in [0.4, 0.5) is 0 Å². The van der Waals surface area contributed by atoms with Crippen molar-refractivity contribution in [1.29, 1.82) is 0 Å². The smallest absolute Gasteiger partial charge is 0.0434 e. The highest BCUT2D eigenvalue weighted by atomic mass is 32.1. The predicted octanol–water partition coefficient (Wildman–Crippen LogP) is 16.0. The van der Waals surface area contributed by atoms with Gasteiger partial charge in [0, 0.05) is 45.7 Å². The van der Waals surface area contributed by atoms with Gasteiger partial charge in [-0.2, -0.15) is 0 Å². The van der Waals surface area contributed by atoms with Gasteiger partial charge >= 0.3 is 0 Å². The van der Waals surface area contributed by atoms with Crippen LogP contribution in [-0.4, -0.2) is 0 Å². The Hall–Kier alpha value is -6.32. The fraction of sp³-hybridized carbons (Fsp3) is 0. The minimum absolute atomic E-state index is 1.23. The summed E-state index contributed by atoms with van der Waals surface area (Å²) in [6, 6.07) is 67.9. The van der Waals surface area contributed by atoms with Gasteiger partial charge in [-0.05, 0) is 107 Å². The van der Waals surface area contributed by atoms with E-state index in [-0.39, 0.29) is 0 Å². The van der Waals surface area contributed by atoms with Crippen LogP contribution in [0.15, 0.2) is 182 Å². The summed E-state index contributed by atoms with van der Waals surface area (Å²) in [5.74, 6) is 0. The molecule has 250 valence electrons. The summed E-state index contributed by atoms with van der Waals surface area (Å²) >= 11 is 3.81. The molecule has 0 spiro atoms. The molecule has 54 heavy (non-hydrogen) atoms. The van der Waals surface area contributed by atoms with E-state index in [1.165, 1.54) is 117 Å². The highest BCUT2D eigenvalue weighted by Gasteiger charge is 2.18. The molecule has 2 aromatic heterocycles. The van der Waals surface area contributed by atoms with Gasteiger partial charge in [-0.25, -0.2) is 0 Å². The number of fused-ring (bicyclic) bond motifs is 11. The van der Waals surface area contributed by atoms with Crippen molar-refractivity contribution in [1.82, 2.24) is 0 Å². The van der Waals surface area contributed by atoms with Crippen molar-refractivity contribution < 1.29 is 0 Å². The third-order valence-electron chi connectivity index (χ3n) is 11.4. The van der Waals surface area contributed by atoms with Gasteiger partial charge in [-0.3, -0.25) is 0 Å². The molecule has 10 aromatic carbocycles. The number of rotatable bonds is 3. The van der Waals surface area contributed by atoms with Crippen molar-refractivity contribution in [3.8, 4) is 33.4 Å². The van der Waals surface area contributed by atoms with Gasteiger partial charge in [0.05, 0.1) is 0 Å². The zero-order chi connectivity index (χ0) is 35.3. The Morgan fingerprint density at radius 3 is 1.56 bits per heavy atom. The first-order chi connectivity index (χ1) is 26.7. The van der Waals surface area contributed by atoms with Gasteiger partial charge in [0.15, 0.2) is 0 Å². The second kappa shape index (κ2) is 11.6. The van der Waals surface area contributed by atoms with Crippen molar-refractivity contribution in [2.45, 2.75) is 0 Å². The number of benzene rings is 10. The van der Waals surface area contributed by atoms with Crippen LogP contribution < -0.4 is 0 Å². The highest BCUT2D eigenvalue weighted by Crippen LogP contribution is 2.46. The maximum Gasteiger partial charge on any atom is 0.0434 e. The molecule has 12 aromatic rings. The maximum atomic E-state index is 2.43. The van der Waals surface area contributed by atoms with Crippen molar-refractivity contribution in [2.75, 3.05) is 0 Å². The van der Waals surface area contributed by atoms with Crippen molar-refractivity contribution in [2.24, 2.45) is 0 Å². The number of hydrogen-bond acceptors (Lipinski definition) is 2. The quantitative estimate of drug-likeness (QED) is 0.160. The van der Waals surface area contributed by atoms with Crippen LogP contribution in [-0.2, 0) is 0 Å². The van der Waals surface area contributed by atoms with E-state index >= 15 is 0 Å². The maximum absolute atomic E-state index is 2.43. The van der Waals surface area contributed by atoms with E-state index in [1.807, 2.05) is 22.7 Å². The summed E-state index contributed by atoms with van der Waals surface area (Å²) in [7, 11) is 0. The number of hydrogen-bond donors (Lipinski definition) is 0. The predicted molar refractivity (Wildman–Crippen MR) is 239 cm³/mol. The average Bonchev–Trinajstić information content (AvgIpc) is 3.79. The lowest BCUT2D eigenvalue weighted by Crippen LogP contribution is -1.91. The largest absolute Gasteiger partial charge is 0.135 e. The van der Waals surface area contributed by atoms with E-state index in [2.05, 4.69) is 182 Å². The van der Waals surface area contributed by atoms with Gasteiger partial charge in [0.25, 0.3) is 0 Å². The first kappa shape index (κ1) is 30.2. The molecule has 0 bridgehead atoms. The van der Waals surface area contributed by atoms with Crippen molar-refractivity contribution in [3.63, 3.8) is 0 Å². The van der Waals surface area contributed by atoms with Gasteiger partial charge in [-0.15, -0.1) is 22.7 Å².